The number of aliphatic hydroxyl groups is 4. The van der Waals surface area contributed by atoms with Gasteiger partial charge in [-0.05, 0) is 84.0 Å². The number of unbranched alkanes of at least 4 members (excludes halogenated alkanes) is 1. The van der Waals surface area contributed by atoms with Crippen molar-refractivity contribution in [1.29, 1.82) is 0 Å². The van der Waals surface area contributed by atoms with Crippen LogP contribution in [0.2, 0.25) is 0 Å². The lowest BCUT2D eigenvalue weighted by molar-refractivity contribution is -0.138. The third-order valence-electron chi connectivity index (χ3n) is 13.1. The van der Waals surface area contributed by atoms with Crippen molar-refractivity contribution in [3.63, 3.8) is 0 Å². The van der Waals surface area contributed by atoms with Gasteiger partial charge in [0.25, 0.3) is 0 Å². The van der Waals surface area contributed by atoms with Crippen molar-refractivity contribution in [2.24, 2.45) is 22.9 Å². The molecule has 0 saturated carbocycles. The monoisotopic (exact) mass is 1300 g/mol. The number of carbonyl (C=O) groups excluding carboxylic acids is 15. The first-order chi connectivity index (χ1) is 42.6. The van der Waals surface area contributed by atoms with Crippen molar-refractivity contribution < 1.29 is 107 Å². The Labute approximate surface area is 520 Å². The van der Waals surface area contributed by atoms with Gasteiger partial charge in [0.15, 0.2) is 0 Å². The smallest absolute Gasteiger partial charge is 0.303 e. The van der Waals surface area contributed by atoms with Crippen molar-refractivity contribution in [2.75, 3.05) is 26.4 Å². The van der Waals surface area contributed by atoms with E-state index in [1.54, 1.807) is 0 Å². The summed E-state index contributed by atoms with van der Waals surface area (Å²) >= 11 is 0. The van der Waals surface area contributed by atoms with Gasteiger partial charge in [0.1, 0.15) is 78.3 Å². The fourth-order valence-electron chi connectivity index (χ4n) is 7.97. The van der Waals surface area contributed by atoms with Crippen molar-refractivity contribution in [3.8, 4) is 5.75 Å². The molecule has 0 fully saturated rings. The highest BCUT2D eigenvalue weighted by atomic mass is 16.4. The highest BCUT2D eigenvalue weighted by Gasteiger charge is 2.37. The maximum atomic E-state index is 14.2. The number of hydrogen-bond donors (Lipinski definition) is 22. The molecule has 0 aromatic heterocycles. The minimum absolute atomic E-state index is 0.0947. The van der Waals surface area contributed by atoms with Crippen LogP contribution >= 0.6 is 0 Å². The van der Waals surface area contributed by atoms with E-state index in [0.29, 0.717) is 6.42 Å². The van der Waals surface area contributed by atoms with Crippen molar-refractivity contribution in [2.45, 2.75) is 171 Å². The molecule has 13 atom stereocenters. The molecule has 38 nitrogen and oxygen atoms in total. The van der Waals surface area contributed by atoms with E-state index >= 15 is 0 Å². The molecule has 0 heterocycles. The maximum Gasteiger partial charge on any atom is 0.303 e. The minimum Gasteiger partial charge on any atom is -0.508 e. The molecule has 1 rings (SSSR count). The summed E-state index contributed by atoms with van der Waals surface area (Å²) in [6.07, 6.45) is -4.63. The Balaban J connectivity index is 3.36. The van der Waals surface area contributed by atoms with Crippen LogP contribution in [0.15, 0.2) is 24.3 Å². The van der Waals surface area contributed by atoms with E-state index in [4.69, 9.17) is 28.0 Å². The zero-order valence-corrected chi connectivity index (χ0v) is 50.5. The van der Waals surface area contributed by atoms with Gasteiger partial charge < -0.3 is 117 Å². The normalized spacial score (nSPS) is 15.2. The predicted molar refractivity (Wildman–Crippen MR) is 312 cm³/mol. The number of nitrogens with two attached hydrogens (primary N) is 4. The largest absolute Gasteiger partial charge is 0.508 e. The van der Waals surface area contributed by atoms with Crippen LogP contribution in [0, 0.1) is 0 Å². The minimum atomic E-state index is -1.95. The fourth-order valence-corrected chi connectivity index (χ4v) is 7.97. The highest BCUT2D eigenvalue weighted by molar-refractivity contribution is 6.00. The Kier molecular flexibility index (Phi) is 34.9. The lowest BCUT2D eigenvalue weighted by Gasteiger charge is -2.27. The lowest BCUT2D eigenvalue weighted by atomic mass is 10.0. The fraction of sp³-hybridized carbons (Fsp3) is 0.585. The number of nitrogens with one attached hydrogen (secondary N) is 12. The Morgan fingerprint density at radius 2 is 0.802 bits per heavy atom. The van der Waals surface area contributed by atoms with E-state index < -0.39 is 232 Å². The molecule has 1 aromatic rings. The maximum absolute atomic E-state index is 14.2. The summed E-state index contributed by atoms with van der Waals surface area (Å²) in [5, 5.41) is 86.3. The first-order valence-electron chi connectivity index (χ1n) is 28.3. The Morgan fingerprint density at radius 3 is 1.24 bits per heavy atom. The van der Waals surface area contributed by atoms with E-state index in [1.807, 2.05) is 0 Å². The van der Waals surface area contributed by atoms with Gasteiger partial charge >= 0.3 is 5.97 Å². The number of primary amides is 3. The van der Waals surface area contributed by atoms with Gasteiger partial charge in [-0.25, -0.2) is 0 Å². The summed E-state index contributed by atoms with van der Waals surface area (Å²) in [6, 6.07) is -15.0. The highest BCUT2D eigenvalue weighted by Crippen LogP contribution is 2.13. The second-order valence-electron chi connectivity index (χ2n) is 20.8. The molecule has 0 saturated heterocycles. The first kappa shape index (κ1) is 79.4. The summed E-state index contributed by atoms with van der Waals surface area (Å²) in [5.74, 6) is -18.0. The Morgan fingerprint density at radius 1 is 0.429 bits per heavy atom. The number of phenols is 1. The van der Waals surface area contributed by atoms with Gasteiger partial charge in [-0.3, -0.25) is 76.7 Å². The number of phenolic OH excluding ortho intramolecular Hbond substituents is 1. The second-order valence-corrected chi connectivity index (χ2v) is 20.8. The summed E-state index contributed by atoms with van der Waals surface area (Å²) in [5.41, 5.74) is 21.8. The van der Waals surface area contributed by atoms with Crippen LogP contribution in [-0.2, 0) is 83.1 Å². The molecular weight excluding hydrogens is 1210 g/mol. The topological polar surface area (TPSA) is 643 Å². The number of rotatable bonds is 42. The molecule has 0 bridgehead atoms. The van der Waals surface area contributed by atoms with Gasteiger partial charge in [-0.15, -0.1) is 0 Å². The number of aromatic hydroxyl groups is 1. The summed E-state index contributed by atoms with van der Waals surface area (Å²) in [6.45, 7) is 2.37. The predicted octanol–water partition coefficient (Wildman–Crippen LogP) is -11.2. The van der Waals surface area contributed by atoms with Crippen LogP contribution in [0.25, 0.3) is 0 Å². The molecule has 0 spiro atoms. The standard InChI is InChI=1S/C53H84N16O22/c1-23(58-27(5)74)43(81)64-34(19-39(56)77)49(87)62-31(8-6-7-17-54)46(84)59-24(2)44(82)66-36(21-71)51(89)65-33(18-28-9-11-29(75)12-10-28)48(86)63-32(13-15-38(55)76)47(85)68-35(20-70)50(88)60-25(3)45(83)67-37(22-72)52(90)69-41(26(4)73)53(91)61-30(42(57)80)14-16-40(78)79/h9-12,23-26,30-37,41,70-73,75H,6-8,13-22,54H2,1-5H3,(H2,55,76)(H2,56,77)(H2,57,80)(H,58,74)(H,59,84)(H,60,88)(H,61,91)(H,62,87)(H,63,86)(H,64,81)(H,65,89)(H,66,82)(H,67,83)(H,68,85)(H,69,90)(H,78,79)/t23-,24-,25-,26+,30-,31-,32-,33-,34-,35-,36-,37-,41-/m0/s1. The lowest BCUT2D eigenvalue weighted by Crippen LogP contribution is -2.62. The third kappa shape index (κ3) is 29.5. The molecule has 0 aliphatic rings. The van der Waals surface area contributed by atoms with E-state index in [9.17, 15) is 102 Å². The average molecular weight is 1300 g/mol. The molecule has 0 aliphatic heterocycles. The first-order valence-corrected chi connectivity index (χ1v) is 28.3. The van der Waals surface area contributed by atoms with E-state index in [-0.39, 0.29) is 30.7 Å². The molecule has 91 heavy (non-hydrogen) atoms. The number of benzene rings is 1. The number of amides is 15. The van der Waals surface area contributed by atoms with E-state index in [1.165, 1.54) is 31.2 Å². The summed E-state index contributed by atoms with van der Waals surface area (Å²) in [4.78, 5) is 206. The van der Waals surface area contributed by atoms with Crippen LogP contribution in [0.1, 0.15) is 91.5 Å². The zero-order valence-electron chi connectivity index (χ0n) is 50.5. The molecule has 15 amide bonds. The third-order valence-corrected chi connectivity index (χ3v) is 13.1. The zero-order chi connectivity index (χ0) is 69.4. The van der Waals surface area contributed by atoms with Crippen LogP contribution in [0.5, 0.6) is 5.75 Å². The molecule has 1 aromatic carbocycles. The average Bonchev–Trinajstić information content (AvgIpc) is 1.90. The number of hydrogen-bond acceptors (Lipinski definition) is 22. The molecule has 38 heteroatoms. The summed E-state index contributed by atoms with van der Waals surface area (Å²) < 4.78 is 0. The molecule has 0 unspecified atom stereocenters. The van der Waals surface area contributed by atoms with Crippen LogP contribution in [0.3, 0.4) is 0 Å². The second kappa shape index (κ2) is 40.1. The number of carboxylic acid groups (broad SMARTS) is 1. The number of carboxylic acids is 1. The van der Waals surface area contributed by atoms with Crippen LogP contribution in [-0.4, -0.2) is 230 Å². The Hall–Kier alpha value is -9.66. The van der Waals surface area contributed by atoms with Crippen LogP contribution in [0.4, 0.5) is 0 Å². The Bertz CT molecular complexity index is 2760. The van der Waals surface area contributed by atoms with Crippen molar-refractivity contribution in [3.05, 3.63) is 29.8 Å². The van der Waals surface area contributed by atoms with Gasteiger partial charge in [0.05, 0.1) is 32.3 Å². The molecule has 26 N–H and O–H groups in total. The van der Waals surface area contributed by atoms with E-state index in [0.717, 1.165) is 27.7 Å². The number of aliphatic carboxylic acids is 1. The van der Waals surface area contributed by atoms with Crippen molar-refractivity contribution >= 4 is 94.6 Å². The van der Waals surface area contributed by atoms with Crippen molar-refractivity contribution in [1.82, 2.24) is 63.8 Å². The van der Waals surface area contributed by atoms with Gasteiger partial charge in [-0.1, -0.05) is 12.1 Å². The quantitative estimate of drug-likeness (QED) is 0.0270. The molecule has 0 aliphatic carbocycles. The number of aliphatic hydroxyl groups excluding tert-OH is 4. The van der Waals surface area contributed by atoms with Crippen LogP contribution < -0.4 is 86.7 Å². The molecular formula is C53H84N16O22. The van der Waals surface area contributed by atoms with Gasteiger partial charge in [0, 0.05) is 26.2 Å². The van der Waals surface area contributed by atoms with E-state index in [2.05, 4.69) is 63.8 Å². The van der Waals surface area contributed by atoms with Gasteiger partial charge in [0.2, 0.25) is 88.6 Å². The summed E-state index contributed by atoms with van der Waals surface area (Å²) in [7, 11) is 0. The van der Waals surface area contributed by atoms with Gasteiger partial charge in [-0.2, -0.15) is 0 Å². The molecule has 0 radical (unpaired) electrons. The number of carbonyl (C=O) groups is 16. The molecule has 508 valence electrons. The SMILES string of the molecule is CC(=O)N[C@@H](C)C(=O)N[C@@H](CC(N)=O)C(=O)N[C@@H](CCCCN)C(=O)N[C@@H](C)C(=O)N[C@@H](CO)C(=O)N[C@@H](Cc1ccc(O)cc1)C(=O)N[C@@H](CCC(N)=O)C(=O)N[C@@H](CO)C(=O)N[C@@H](C)C(=O)N[C@@H](CO)C(=O)N[C@H](C(=O)N[C@@H](CCC(=O)O)C(N)=O)[C@@H](C)O.